The molecule has 0 unspecified atom stereocenters. The summed E-state index contributed by atoms with van der Waals surface area (Å²) in [5.41, 5.74) is -0.0937. The average Bonchev–Trinajstić information content (AvgIpc) is 2.91. The summed E-state index contributed by atoms with van der Waals surface area (Å²) >= 11 is 6.37. The zero-order chi connectivity index (χ0) is 19.6. The lowest BCUT2D eigenvalue weighted by Gasteiger charge is -2.17. The topological polar surface area (TPSA) is 106 Å². The maximum atomic E-state index is 12.7. The lowest BCUT2D eigenvalue weighted by Crippen LogP contribution is -2.27. The molecule has 0 atom stereocenters. The number of rotatable bonds is 6. The van der Waals surface area contributed by atoms with Crippen LogP contribution in [0.2, 0.25) is 5.15 Å². The first kappa shape index (κ1) is 19.0. The molecule has 1 aromatic heterocycles. The quantitative estimate of drug-likeness (QED) is 0.423. The molecule has 0 saturated carbocycles. The summed E-state index contributed by atoms with van der Waals surface area (Å²) in [5, 5.41) is 11.7. The van der Waals surface area contributed by atoms with Crippen molar-refractivity contribution in [3.8, 4) is 16.9 Å². The molecule has 27 heavy (non-hydrogen) atoms. The Labute approximate surface area is 159 Å². The number of fused-ring (bicyclic) bond motifs is 1. The molecule has 0 spiro atoms. The van der Waals surface area contributed by atoms with Gasteiger partial charge in [0, 0.05) is 19.2 Å². The third kappa shape index (κ3) is 3.68. The Balaban J connectivity index is 1.98. The van der Waals surface area contributed by atoms with Crippen molar-refractivity contribution in [2.75, 3.05) is 13.2 Å². The van der Waals surface area contributed by atoms with Crippen molar-refractivity contribution < 1.29 is 19.2 Å². The SMILES string of the molecule is CCOC(=O)COc1ccc(-c2c(Cl)n3n(c2=O)CCCC3)cc1[N+](=O)[O-]. The Hall–Kier alpha value is -2.81. The Bertz CT molecular complexity index is 949. The zero-order valence-corrected chi connectivity index (χ0v) is 15.4. The Morgan fingerprint density at radius 3 is 2.63 bits per heavy atom. The Morgan fingerprint density at radius 2 is 2.00 bits per heavy atom. The number of hydrogen-bond acceptors (Lipinski definition) is 6. The van der Waals surface area contributed by atoms with Crippen LogP contribution in [0.25, 0.3) is 11.1 Å². The fourth-order valence-electron chi connectivity index (χ4n) is 3.05. The van der Waals surface area contributed by atoms with E-state index >= 15 is 0 Å². The third-order valence-electron chi connectivity index (χ3n) is 4.26. The van der Waals surface area contributed by atoms with Crippen LogP contribution in [0.5, 0.6) is 5.75 Å². The van der Waals surface area contributed by atoms with E-state index in [-0.39, 0.29) is 34.3 Å². The molecule has 0 aliphatic carbocycles. The molecule has 2 aromatic rings. The van der Waals surface area contributed by atoms with Gasteiger partial charge in [-0.2, -0.15) is 0 Å². The summed E-state index contributed by atoms with van der Waals surface area (Å²) in [4.78, 5) is 34.9. The number of aromatic nitrogens is 2. The third-order valence-corrected chi connectivity index (χ3v) is 4.64. The van der Waals surface area contributed by atoms with Crippen LogP contribution in [0.4, 0.5) is 5.69 Å². The van der Waals surface area contributed by atoms with Crippen LogP contribution < -0.4 is 10.3 Å². The highest BCUT2D eigenvalue weighted by molar-refractivity contribution is 6.32. The van der Waals surface area contributed by atoms with E-state index in [1.807, 2.05) is 0 Å². The first-order valence-corrected chi connectivity index (χ1v) is 8.88. The molecular weight excluding hydrogens is 378 g/mol. The maximum absolute atomic E-state index is 12.7. The number of carbonyl (C=O) groups is 1. The van der Waals surface area contributed by atoms with Gasteiger partial charge in [0.15, 0.2) is 12.4 Å². The van der Waals surface area contributed by atoms with Crippen LogP contribution >= 0.6 is 11.6 Å². The fourth-order valence-corrected chi connectivity index (χ4v) is 3.41. The van der Waals surface area contributed by atoms with Gasteiger partial charge >= 0.3 is 11.7 Å². The summed E-state index contributed by atoms with van der Waals surface area (Å²) in [7, 11) is 0. The second-order valence-corrected chi connectivity index (χ2v) is 6.32. The van der Waals surface area contributed by atoms with Gasteiger partial charge in [0.05, 0.1) is 17.1 Å². The minimum absolute atomic E-state index is 0.0861. The number of hydrogen-bond donors (Lipinski definition) is 0. The van der Waals surface area contributed by atoms with E-state index in [0.717, 1.165) is 12.8 Å². The second-order valence-electron chi connectivity index (χ2n) is 5.96. The Morgan fingerprint density at radius 1 is 1.30 bits per heavy atom. The van der Waals surface area contributed by atoms with Crippen molar-refractivity contribution in [1.82, 2.24) is 9.36 Å². The number of nitrogens with zero attached hydrogens (tertiary/aromatic N) is 3. The van der Waals surface area contributed by atoms with Crippen LogP contribution in [0, 0.1) is 10.1 Å². The molecule has 0 saturated heterocycles. The number of benzene rings is 1. The van der Waals surface area contributed by atoms with E-state index in [4.69, 9.17) is 21.1 Å². The number of nitro benzene ring substituents is 1. The summed E-state index contributed by atoms with van der Waals surface area (Å²) in [6.45, 7) is 2.57. The smallest absolute Gasteiger partial charge is 0.344 e. The minimum Gasteiger partial charge on any atom is -0.475 e. The van der Waals surface area contributed by atoms with E-state index in [0.29, 0.717) is 18.7 Å². The van der Waals surface area contributed by atoms with Crippen LogP contribution in [0.15, 0.2) is 23.0 Å². The van der Waals surface area contributed by atoms with E-state index in [1.165, 1.54) is 18.2 Å². The van der Waals surface area contributed by atoms with Crippen molar-refractivity contribution in [1.29, 1.82) is 0 Å². The largest absolute Gasteiger partial charge is 0.475 e. The normalized spacial score (nSPS) is 13.1. The first-order chi connectivity index (χ1) is 12.9. The van der Waals surface area contributed by atoms with Gasteiger partial charge in [0.1, 0.15) is 5.15 Å². The molecule has 1 aliphatic heterocycles. The van der Waals surface area contributed by atoms with Gasteiger partial charge < -0.3 is 9.47 Å². The monoisotopic (exact) mass is 395 g/mol. The summed E-state index contributed by atoms with van der Waals surface area (Å²) in [6.07, 6.45) is 1.79. The maximum Gasteiger partial charge on any atom is 0.344 e. The van der Waals surface area contributed by atoms with E-state index in [9.17, 15) is 19.7 Å². The highest BCUT2D eigenvalue weighted by atomic mass is 35.5. The van der Waals surface area contributed by atoms with Crippen molar-refractivity contribution in [3.63, 3.8) is 0 Å². The van der Waals surface area contributed by atoms with Crippen LogP contribution in [0.3, 0.4) is 0 Å². The molecule has 144 valence electrons. The first-order valence-electron chi connectivity index (χ1n) is 8.50. The summed E-state index contributed by atoms with van der Waals surface area (Å²) in [6, 6.07) is 4.10. The molecule has 0 amide bonds. The van der Waals surface area contributed by atoms with Crippen LogP contribution in [-0.2, 0) is 22.6 Å². The van der Waals surface area contributed by atoms with Gasteiger partial charge in [0.25, 0.3) is 5.56 Å². The predicted octanol–water partition coefficient (Wildman–Crippen LogP) is 2.61. The van der Waals surface area contributed by atoms with Crippen molar-refractivity contribution in [2.45, 2.75) is 32.9 Å². The molecule has 0 bridgehead atoms. The lowest BCUT2D eigenvalue weighted by atomic mass is 10.1. The van der Waals surface area contributed by atoms with Gasteiger partial charge in [-0.05, 0) is 37.5 Å². The lowest BCUT2D eigenvalue weighted by molar-refractivity contribution is -0.385. The molecule has 2 heterocycles. The van der Waals surface area contributed by atoms with E-state index < -0.39 is 17.5 Å². The van der Waals surface area contributed by atoms with Crippen LogP contribution in [0.1, 0.15) is 19.8 Å². The average molecular weight is 396 g/mol. The molecule has 0 N–H and O–H groups in total. The number of nitro groups is 1. The van der Waals surface area contributed by atoms with Gasteiger partial charge in [-0.1, -0.05) is 11.6 Å². The number of esters is 1. The number of carbonyl (C=O) groups excluding carboxylic acids is 1. The minimum atomic E-state index is -0.633. The van der Waals surface area contributed by atoms with Crippen molar-refractivity contribution >= 4 is 23.3 Å². The molecule has 3 rings (SSSR count). The molecule has 9 nitrogen and oxygen atoms in total. The standard InChI is InChI=1S/C17H18ClN3O6/c1-2-26-14(22)10-27-13-6-5-11(9-12(13)21(24)25)15-16(18)19-7-3-4-8-20(19)17(15)23/h5-6,9H,2-4,7-8,10H2,1H3. The van der Waals surface area contributed by atoms with Crippen LogP contribution in [-0.4, -0.2) is 33.5 Å². The fraction of sp³-hybridized carbons (Fsp3) is 0.412. The molecule has 0 fully saturated rings. The van der Waals surface area contributed by atoms with Crippen molar-refractivity contribution in [3.05, 3.63) is 43.8 Å². The van der Waals surface area contributed by atoms with Gasteiger partial charge in [0.2, 0.25) is 0 Å². The van der Waals surface area contributed by atoms with E-state index in [2.05, 4.69) is 0 Å². The second kappa shape index (κ2) is 7.83. The highest BCUT2D eigenvalue weighted by Gasteiger charge is 2.25. The number of ether oxygens (including phenoxy) is 2. The van der Waals surface area contributed by atoms with Gasteiger partial charge in [-0.25, -0.2) is 9.48 Å². The molecule has 1 aliphatic rings. The zero-order valence-electron chi connectivity index (χ0n) is 14.6. The number of halogens is 1. The summed E-state index contributed by atoms with van der Waals surface area (Å²) in [5.74, 6) is -0.714. The van der Waals surface area contributed by atoms with Crippen molar-refractivity contribution in [2.24, 2.45) is 0 Å². The predicted molar refractivity (Wildman–Crippen MR) is 97.2 cm³/mol. The molecular formula is C17H18ClN3O6. The molecule has 1 aromatic carbocycles. The summed E-state index contributed by atoms with van der Waals surface area (Å²) < 4.78 is 13.2. The van der Waals surface area contributed by atoms with Gasteiger partial charge in [-0.15, -0.1) is 0 Å². The van der Waals surface area contributed by atoms with Gasteiger partial charge in [-0.3, -0.25) is 19.6 Å². The molecule has 10 heteroatoms. The molecule has 0 radical (unpaired) electrons. The highest BCUT2D eigenvalue weighted by Crippen LogP contribution is 2.34. The Kier molecular flexibility index (Phi) is 5.50. The van der Waals surface area contributed by atoms with E-state index in [1.54, 1.807) is 16.3 Å².